The van der Waals surface area contributed by atoms with Crippen LogP contribution in [0.5, 0.6) is 0 Å². The molecule has 0 saturated carbocycles. The second-order valence-corrected chi connectivity index (χ2v) is 6.49. The number of amides is 1. The maximum absolute atomic E-state index is 12.3. The Morgan fingerprint density at radius 3 is 2.70 bits per heavy atom. The van der Waals surface area contributed by atoms with Gasteiger partial charge in [-0.15, -0.1) is 0 Å². The van der Waals surface area contributed by atoms with Crippen molar-refractivity contribution in [1.29, 1.82) is 0 Å². The van der Waals surface area contributed by atoms with E-state index in [1.165, 1.54) is 0 Å². The summed E-state index contributed by atoms with van der Waals surface area (Å²) in [5.41, 5.74) is 0.0255. The van der Waals surface area contributed by atoms with Gasteiger partial charge in [-0.2, -0.15) is 0 Å². The fourth-order valence-corrected chi connectivity index (χ4v) is 2.31. The van der Waals surface area contributed by atoms with Gasteiger partial charge in [0.05, 0.1) is 5.71 Å². The Labute approximate surface area is 122 Å². The standard InChI is InChI=1S/C14H27BN2O3/c1-10(2)8-12(15(5)19)9-16-13(18)14(4)7-6-11(3)17-20-14/h10,12,19H,6-9H2,1-5H3,(H,16,18)/t12-,14-/m1/s1. The third-order valence-electron chi connectivity index (χ3n) is 3.83. The van der Waals surface area contributed by atoms with Crippen LogP contribution in [0.4, 0.5) is 0 Å². The summed E-state index contributed by atoms with van der Waals surface area (Å²) >= 11 is 0. The van der Waals surface area contributed by atoms with E-state index < -0.39 is 12.5 Å². The zero-order valence-corrected chi connectivity index (χ0v) is 13.3. The van der Waals surface area contributed by atoms with E-state index >= 15 is 0 Å². The molecule has 0 aromatic carbocycles. The van der Waals surface area contributed by atoms with E-state index in [-0.39, 0.29) is 11.7 Å². The van der Waals surface area contributed by atoms with Crippen LogP contribution in [0.25, 0.3) is 0 Å². The van der Waals surface area contributed by atoms with Crippen LogP contribution in [-0.4, -0.2) is 35.7 Å². The predicted molar refractivity (Wildman–Crippen MR) is 81.9 cm³/mol. The smallest absolute Gasteiger partial charge is 0.290 e. The molecule has 5 nitrogen and oxygen atoms in total. The Morgan fingerprint density at radius 2 is 2.25 bits per heavy atom. The molecular formula is C14H27BN2O3. The lowest BCUT2D eigenvalue weighted by Gasteiger charge is -2.30. The molecule has 0 aromatic rings. The van der Waals surface area contributed by atoms with Crippen LogP contribution in [0, 0.1) is 5.92 Å². The largest absolute Gasteiger partial charge is 0.450 e. The molecule has 0 aliphatic carbocycles. The number of carbonyl (C=O) groups excluding carboxylic acids is 1. The molecular weight excluding hydrogens is 255 g/mol. The molecule has 2 atom stereocenters. The molecule has 0 aromatic heterocycles. The van der Waals surface area contributed by atoms with Crippen LogP contribution in [0.3, 0.4) is 0 Å². The van der Waals surface area contributed by atoms with Crippen molar-refractivity contribution in [2.45, 2.75) is 65.2 Å². The Bertz CT molecular complexity index is 371. The Balaban J connectivity index is 2.53. The average Bonchev–Trinajstić information content (AvgIpc) is 2.37. The van der Waals surface area contributed by atoms with Gasteiger partial charge in [-0.25, -0.2) is 0 Å². The summed E-state index contributed by atoms with van der Waals surface area (Å²) in [5.74, 6) is 0.403. The molecule has 2 N–H and O–H groups in total. The minimum atomic E-state index is -0.888. The first-order chi connectivity index (χ1) is 9.24. The Kier molecular flexibility index (Phi) is 6.05. The minimum Gasteiger partial charge on any atom is -0.450 e. The fraction of sp³-hybridized carbons (Fsp3) is 0.857. The predicted octanol–water partition coefficient (Wildman–Crippen LogP) is 2.08. The van der Waals surface area contributed by atoms with Crippen LogP contribution in [-0.2, 0) is 9.63 Å². The van der Waals surface area contributed by atoms with Gasteiger partial charge in [0.15, 0.2) is 0 Å². The Hall–Kier alpha value is -1.04. The molecule has 0 unspecified atom stereocenters. The Morgan fingerprint density at radius 1 is 1.60 bits per heavy atom. The van der Waals surface area contributed by atoms with Gasteiger partial charge in [-0.3, -0.25) is 4.79 Å². The maximum Gasteiger partial charge on any atom is 0.290 e. The summed E-state index contributed by atoms with van der Waals surface area (Å²) in [6, 6.07) is 0. The molecule has 0 fully saturated rings. The van der Waals surface area contributed by atoms with Crippen molar-refractivity contribution in [2.75, 3.05) is 6.54 Å². The number of oxime groups is 1. The van der Waals surface area contributed by atoms with Gasteiger partial charge < -0.3 is 15.2 Å². The summed E-state index contributed by atoms with van der Waals surface area (Å²) in [7, 11) is 0. The van der Waals surface area contributed by atoms with Crippen LogP contribution in [0.2, 0.25) is 12.6 Å². The molecule has 1 aliphatic rings. The van der Waals surface area contributed by atoms with Gasteiger partial charge in [-0.1, -0.05) is 32.2 Å². The number of nitrogens with zero attached hydrogens (tertiary/aromatic N) is 1. The molecule has 114 valence electrons. The highest BCUT2D eigenvalue weighted by Crippen LogP contribution is 2.24. The van der Waals surface area contributed by atoms with Gasteiger partial charge in [-0.05, 0) is 32.0 Å². The first kappa shape index (κ1) is 17.0. The summed E-state index contributed by atoms with van der Waals surface area (Å²) in [5, 5.41) is 16.6. The summed E-state index contributed by atoms with van der Waals surface area (Å²) < 4.78 is 0. The van der Waals surface area contributed by atoms with Gasteiger partial charge in [0.2, 0.25) is 5.60 Å². The summed E-state index contributed by atoms with van der Waals surface area (Å²) in [4.78, 5) is 17.6. The van der Waals surface area contributed by atoms with Crippen molar-refractivity contribution < 1.29 is 14.7 Å². The molecule has 6 heteroatoms. The van der Waals surface area contributed by atoms with Crippen molar-refractivity contribution >= 4 is 18.5 Å². The fourth-order valence-electron chi connectivity index (χ4n) is 2.31. The molecule has 0 bridgehead atoms. The highest BCUT2D eigenvalue weighted by Gasteiger charge is 2.38. The van der Waals surface area contributed by atoms with E-state index in [0.29, 0.717) is 18.9 Å². The molecule has 0 spiro atoms. The molecule has 1 amide bonds. The lowest BCUT2D eigenvalue weighted by atomic mass is 9.56. The zero-order valence-electron chi connectivity index (χ0n) is 13.3. The first-order valence-corrected chi connectivity index (χ1v) is 7.42. The first-order valence-electron chi connectivity index (χ1n) is 7.42. The van der Waals surface area contributed by atoms with Crippen LogP contribution >= 0.6 is 0 Å². The highest BCUT2D eigenvalue weighted by atomic mass is 16.7. The number of nitrogens with one attached hydrogen (secondary N) is 1. The molecule has 1 heterocycles. The molecule has 1 rings (SSSR count). The van der Waals surface area contributed by atoms with Gasteiger partial charge in [0, 0.05) is 13.0 Å². The van der Waals surface area contributed by atoms with Crippen LogP contribution < -0.4 is 5.32 Å². The number of hydrogen-bond acceptors (Lipinski definition) is 4. The third-order valence-corrected chi connectivity index (χ3v) is 3.83. The normalized spacial score (nSPS) is 23.9. The van der Waals surface area contributed by atoms with E-state index in [1.54, 1.807) is 13.7 Å². The molecule has 1 aliphatic heterocycles. The van der Waals surface area contributed by atoms with E-state index in [1.807, 2.05) is 6.92 Å². The SMILES string of the molecule is CB(O)[C@@H](CNC(=O)[C@@]1(C)CCC(C)=NO1)CC(C)C. The second kappa shape index (κ2) is 7.11. The van der Waals surface area contributed by atoms with E-state index in [9.17, 15) is 9.82 Å². The molecule has 0 radical (unpaired) electrons. The summed E-state index contributed by atoms with van der Waals surface area (Å²) in [6.45, 7) is 9.68. The van der Waals surface area contributed by atoms with Crippen molar-refractivity contribution in [3.63, 3.8) is 0 Å². The molecule has 20 heavy (non-hydrogen) atoms. The van der Waals surface area contributed by atoms with Gasteiger partial charge >= 0.3 is 0 Å². The topological polar surface area (TPSA) is 70.9 Å². The molecule has 0 saturated heterocycles. The van der Waals surface area contributed by atoms with Crippen molar-refractivity contribution in [1.82, 2.24) is 5.32 Å². The lowest BCUT2D eigenvalue weighted by Crippen LogP contribution is -2.49. The van der Waals surface area contributed by atoms with E-state index in [4.69, 9.17) is 4.84 Å². The second-order valence-electron chi connectivity index (χ2n) is 6.49. The van der Waals surface area contributed by atoms with E-state index in [0.717, 1.165) is 18.6 Å². The quantitative estimate of drug-likeness (QED) is 0.733. The van der Waals surface area contributed by atoms with Gasteiger partial charge in [0.25, 0.3) is 12.8 Å². The van der Waals surface area contributed by atoms with Crippen molar-refractivity contribution in [3.05, 3.63) is 0 Å². The highest BCUT2D eigenvalue weighted by molar-refractivity contribution is 6.50. The minimum absolute atomic E-state index is 0.0661. The summed E-state index contributed by atoms with van der Waals surface area (Å²) in [6.07, 6.45) is 2.29. The maximum atomic E-state index is 12.3. The van der Waals surface area contributed by atoms with Crippen molar-refractivity contribution in [2.24, 2.45) is 11.1 Å². The van der Waals surface area contributed by atoms with Gasteiger partial charge in [0.1, 0.15) is 0 Å². The number of carbonyl (C=O) groups is 1. The average molecular weight is 282 g/mol. The number of rotatable bonds is 6. The van der Waals surface area contributed by atoms with Crippen LogP contribution in [0.15, 0.2) is 5.16 Å². The van der Waals surface area contributed by atoms with Crippen LogP contribution in [0.1, 0.15) is 47.0 Å². The zero-order chi connectivity index (χ0) is 15.3. The lowest BCUT2D eigenvalue weighted by molar-refractivity contribution is -0.147. The van der Waals surface area contributed by atoms with E-state index in [2.05, 4.69) is 24.3 Å². The van der Waals surface area contributed by atoms with Crippen molar-refractivity contribution in [3.8, 4) is 0 Å². The third kappa shape index (κ3) is 4.82. The monoisotopic (exact) mass is 282 g/mol. The number of hydrogen-bond donors (Lipinski definition) is 2.